The highest BCUT2D eigenvalue weighted by atomic mass is 16.2. The second-order valence-electron chi connectivity index (χ2n) is 12.5. The number of hydrogen-bond donors (Lipinski definition) is 0. The molecular weight excluding hydrogens is 400 g/mol. The molecule has 0 fully saturated rings. The monoisotopic (exact) mass is 432 g/mol. The summed E-state index contributed by atoms with van der Waals surface area (Å²) in [5, 5.41) is 0. The van der Waals surface area contributed by atoms with E-state index in [4.69, 9.17) is 0 Å². The molecule has 0 aliphatic heterocycles. The summed E-state index contributed by atoms with van der Waals surface area (Å²) in [6.45, 7) is 19.4. The molecule has 4 aliphatic carbocycles. The predicted octanol–water partition coefficient (Wildman–Crippen LogP) is 5.20. The average Bonchev–Trinajstić information content (AvgIpc) is 2.99. The van der Waals surface area contributed by atoms with E-state index in [0.717, 1.165) is 22.3 Å². The van der Waals surface area contributed by atoms with Crippen molar-refractivity contribution >= 4 is 23.1 Å². The Morgan fingerprint density at radius 1 is 0.562 bits per heavy atom. The Bertz CT molecular complexity index is 1120. The molecule has 0 amide bonds. The number of ketones is 4. The van der Waals surface area contributed by atoms with Gasteiger partial charge in [0, 0.05) is 33.1 Å². The smallest absolute Gasteiger partial charge is 0.230 e. The predicted molar refractivity (Wildman–Crippen MR) is 124 cm³/mol. The van der Waals surface area contributed by atoms with Gasteiger partial charge in [0.2, 0.25) is 23.1 Å². The van der Waals surface area contributed by atoms with Gasteiger partial charge in [0.25, 0.3) is 0 Å². The quantitative estimate of drug-likeness (QED) is 0.389. The Kier molecular flexibility index (Phi) is 4.26. The van der Waals surface area contributed by atoms with Crippen LogP contribution in [0.5, 0.6) is 0 Å². The van der Waals surface area contributed by atoms with Crippen LogP contribution in [-0.2, 0) is 19.2 Å². The maximum Gasteiger partial charge on any atom is 0.230 e. The van der Waals surface area contributed by atoms with Gasteiger partial charge in [0.05, 0.1) is 0 Å². The van der Waals surface area contributed by atoms with Gasteiger partial charge in [-0.15, -0.1) is 0 Å². The van der Waals surface area contributed by atoms with Crippen LogP contribution in [0.25, 0.3) is 0 Å². The van der Waals surface area contributed by atoms with Crippen molar-refractivity contribution in [2.45, 2.75) is 69.2 Å². The summed E-state index contributed by atoms with van der Waals surface area (Å²) in [6.07, 6.45) is 3.72. The molecule has 4 nitrogen and oxygen atoms in total. The van der Waals surface area contributed by atoms with E-state index < -0.39 is 44.8 Å². The Hall–Kier alpha value is -2.62. The molecule has 0 aromatic rings. The molecule has 0 spiro atoms. The Morgan fingerprint density at radius 3 is 1.16 bits per heavy atom. The zero-order valence-corrected chi connectivity index (χ0v) is 20.8. The third kappa shape index (κ3) is 2.61. The largest absolute Gasteiger partial charge is 0.285 e. The minimum absolute atomic E-state index is 0.446. The van der Waals surface area contributed by atoms with E-state index in [1.54, 1.807) is 0 Å². The van der Waals surface area contributed by atoms with E-state index in [0.29, 0.717) is 22.3 Å². The summed E-state index contributed by atoms with van der Waals surface area (Å²) in [5.74, 6) is -1.80. The van der Waals surface area contributed by atoms with Crippen molar-refractivity contribution < 1.29 is 19.2 Å². The zero-order valence-electron chi connectivity index (χ0n) is 20.8. The fourth-order valence-corrected chi connectivity index (χ4v) is 6.10. The normalized spacial score (nSPS) is 24.7. The lowest BCUT2D eigenvalue weighted by Crippen LogP contribution is -2.38. The van der Waals surface area contributed by atoms with Gasteiger partial charge < -0.3 is 0 Å². The Balaban J connectivity index is 2.09. The van der Waals surface area contributed by atoms with Crippen LogP contribution in [-0.4, -0.2) is 23.1 Å². The first-order chi connectivity index (χ1) is 14.3. The van der Waals surface area contributed by atoms with Crippen LogP contribution < -0.4 is 0 Å². The molecule has 0 atom stereocenters. The molecule has 0 unspecified atom stereocenters. The fraction of sp³-hybridized carbons (Fsp3) is 0.500. The van der Waals surface area contributed by atoms with Crippen LogP contribution in [0.1, 0.15) is 69.2 Å². The number of allylic oxidation sites excluding steroid dienone is 10. The molecule has 0 heterocycles. The van der Waals surface area contributed by atoms with Gasteiger partial charge in [-0.3, -0.25) is 19.2 Å². The molecular formula is C28H32O4. The van der Waals surface area contributed by atoms with Crippen LogP contribution in [0.4, 0.5) is 0 Å². The summed E-state index contributed by atoms with van der Waals surface area (Å²) >= 11 is 0. The van der Waals surface area contributed by atoms with Crippen molar-refractivity contribution in [3.05, 3.63) is 56.7 Å². The van der Waals surface area contributed by atoms with Crippen molar-refractivity contribution in [3.63, 3.8) is 0 Å². The van der Waals surface area contributed by atoms with Crippen molar-refractivity contribution in [2.24, 2.45) is 21.7 Å². The number of carbonyl (C=O) groups is 4. The third-order valence-corrected chi connectivity index (χ3v) is 7.38. The lowest BCUT2D eigenvalue weighted by Gasteiger charge is -2.38. The maximum atomic E-state index is 13.4. The van der Waals surface area contributed by atoms with Crippen LogP contribution in [0.15, 0.2) is 56.7 Å². The number of hydrogen-bond acceptors (Lipinski definition) is 4. The molecule has 32 heavy (non-hydrogen) atoms. The fourth-order valence-electron chi connectivity index (χ4n) is 6.10. The first-order valence-corrected chi connectivity index (χ1v) is 11.2. The van der Waals surface area contributed by atoms with Gasteiger partial charge in [-0.05, 0) is 45.3 Å². The topological polar surface area (TPSA) is 68.3 Å². The Labute approximate surface area is 190 Å². The highest BCUT2D eigenvalue weighted by Crippen LogP contribution is 2.65. The van der Waals surface area contributed by atoms with E-state index in [1.165, 1.54) is 0 Å². The molecule has 4 heteroatoms. The maximum absolute atomic E-state index is 13.4. The van der Waals surface area contributed by atoms with E-state index in [-0.39, 0.29) is 0 Å². The second kappa shape index (κ2) is 6.03. The van der Waals surface area contributed by atoms with E-state index >= 15 is 0 Å². The number of Topliss-reactive ketones (excluding diaryl/α,β-unsaturated/α-hetero) is 4. The molecule has 4 rings (SSSR count). The highest BCUT2D eigenvalue weighted by Gasteiger charge is 2.58. The summed E-state index contributed by atoms with van der Waals surface area (Å²) in [5.41, 5.74) is 2.83. The minimum Gasteiger partial charge on any atom is -0.285 e. The lowest BCUT2D eigenvalue weighted by atomic mass is 9.63. The van der Waals surface area contributed by atoms with Gasteiger partial charge in [0.15, 0.2) is 0 Å². The van der Waals surface area contributed by atoms with Crippen molar-refractivity contribution in [2.75, 3.05) is 0 Å². The third-order valence-electron chi connectivity index (χ3n) is 7.38. The molecule has 0 aromatic heterocycles. The van der Waals surface area contributed by atoms with Crippen molar-refractivity contribution in [1.82, 2.24) is 0 Å². The molecule has 168 valence electrons. The second-order valence-corrected chi connectivity index (χ2v) is 12.5. The molecule has 0 saturated carbocycles. The number of fused-ring (bicyclic) bond motifs is 2. The molecule has 4 aliphatic rings. The van der Waals surface area contributed by atoms with Crippen LogP contribution in [0, 0.1) is 21.7 Å². The molecule has 0 saturated heterocycles. The van der Waals surface area contributed by atoms with Gasteiger partial charge in [-0.2, -0.15) is 0 Å². The SMILES string of the molecule is CC(C)(C)C1=CC2=C(C(=O)C1=O)C(C)(C)C1=C2C2=C(C(=O)C(=O)C(C(C)(C)C)=C2)C1(C)C. The standard InChI is InChI=1S/C28H32O4/c1-25(2,3)15-11-13-17-14-12-16(26(4,5)6)21(30)23(32)19(14)28(9,10)24(17)27(7,8)18(13)22(31)20(15)29/h11-12H,1-10H3. The van der Waals surface area contributed by atoms with Crippen LogP contribution in [0.2, 0.25) is 0 Å². The summed E-state index contributed by atoms with van der Waals surface area (Å²) in [4.78, 5) is 52.9. The average molecular weight is 433 g/mol. The summed E-state index contributed by atoms with van der Waals surface area (Å²) in [7, 11) is 0. The van der Waals surface area contributed by atoms with Gasteiger partial charge >= 0.3 is 0 Å². The van der Waals surface area contributed by atoms with Crippen LogP contribution >= 0.6 is 0 Å². The van der Waals surface area contributed by atoms with Gasteiger partial charge in [-0.1, -0.05) is 69.2 Å². The molecule has 0 N–H and O–H groups in total. The highest BCUT2D eigenvalue weighted by molar-refractivity contribution is 6.52. The van der Waals surface area contributed by atoms with E-state index in [9.17, 15) is 19.2 Å². The Morgan fingerprint density at radius 2 is 0.875 bits per heavy atom. The van der Waals surface area contributed by atoms with Gasteiger partial charge in [-0.25, -0.2) is 0 Å². The molecule has 0 aromatic carbocycles. The number of carbonyl (C=O) groups excluding carboxylic acids is 4. The number of rotatable bonds is 0. The zero-order chi connectivity index (χ0) is 24.3. The van der Waals surface area contributed by atoms with E-state index in [1.807, 2.05) is 81.4 Å². The summed E-state index contributed by atoms with van der Waals surface area (Å²) in [6, 6.07) is 0. The van der Waals surface area contributed by atoms with Crippen molar-refractivity contribution in [1.29, 1.82) is 0 Å². The van der Waals surface area contributed by atoms with Crippen LogP contribution in [0.3, 0.4) is 0 Å². The lowest BCUT2D eigenvalue weighted by molar-refractivity contribution is -0.133. The first kappa shape index (κ1) is 22.6. The van der Waals surface area contributed by atoms with E-state index in [2.05, 4.69) is 0 Å². The van der Waals surface area contributed by atoms with Crippen molar-refractivity contribution in [3.8, 4) is 0 Å². The minimum atomic E-state index is -0.725. The molecule has 0 radical (unpaired) electrons. The summed E-state index contributed by atoms with van der Waals surface area (Å²) < 4.78 is 0. The van der Waals surface area contributed by atoms with Gasteiger partial charge in [0.1, 0.15) is 0 Å². The molecule has 0 bridgehead atoms. The first-order valence-electron chi connectivity index (χ1n) is 11.2.